The summed E-state index contributed by atoms with van der Waals surface area (Å²) < 4.78 is 0. The zero-order valence-electron chi connectivity index (χ0n) is 13.3. The van der Waals surface area contributed by atoms with Gasteiger partial charge in [-0.3, -0.25) is 4.79 Å². The number of carbonyl (C=O) groups is 1. The zero-order valence-corrected chi connectivity index (χ0v) is 13.3. The Bertz CT molecular complexity index is 298. The normalized spacial score (nSPS) is 22.6. The molecular weight excluding hydrogens is 248 g/mol. The Morgan fingerprint density at radius 2 is 1.80 bits per heavy atom. The first kappa shape index (κ1) is 15.8. The molecule has 3 heteroatoms. The van der Waals surface area contributed by atoms with Crippen LogP contribution in [-0.4, -0.2) is 25.0 Å². The van der Waals surface area contributed by atoms with E-state index < -0.39 is 0 Å². The highest BCUT2D eigenvalue weighted by atomic mass is 16.1. The molecule has 2 saturated carbocycles. The Kier molecular flexibility index (Phi) is 5.88. The van der Waals surface area contributed by atoms with Gasteiger partial charge in [-0.25, -0.2) is 0 Å². The third-order valence-electron chi connectivity index (χ3n) is 5.20. The summed E-state index contributed by atoms with van der Waals surface area (Å²) in [5.41, 5.74) is 0.715. The molecule has 116 valence electrons. The molecule has 2 fully saturated rings. The lowest BCUT2D eigenvalue weighted by Crippen LogP contribution is -2.38. The van der Waals surface area contributed by atoms with E-state index >= 15 is 0 Å². The van der Waals surface area contributed by atoms with E-state index in [9.17, 15) is 4.79 Å². The molecule has 3 nitrogen and oxygen atoms in total. The van der Waals surface area contributed by atoms with E-state index in [4.69, 9.17) is 0 Å². The van der Waals surface area contributed by atoms with Crippen LogP contribution in [0.25, 0.3) is 0 Å². The number of rotatable bonds is 6. The Labute approximate surface area is 124 Å². The molecule has 1 amide bonds. The van der Waals surface area contributed by atoms with Gasteiger partial charge in [0, 0.05) is 25.6 Å². The van der Waals surface area contributed by atoms with Crippen molar-refractivity contribution in [2.45, 2.75) is 77.7 Å². The van der Waals surface area contributed by atoms with Crippen LogP contribution in [-0.2, 0) is 4.79 Å². The van der Waals surface area contributed by atoms with Crippen LogP contribution in [0.1, 0.15) is 71.6 Å². The van der Waals surface area contributed by atoms with E-state index in [0.29, 0.717) is 23.8 Å². The molecule has 1 spiro atoms. The van der Waals surface area contributed by atoms with Crippen LogP contribution < -0.4 is 10.6 Å². The molecule has 0 saturated heterocycles. The monoisotopic (exact) mass is 280 g/mol. The maximum absolute atomic E-state index is 11.6. The number of hydrogen-bond acceptors (Lipinski definition) is 2. The van der Waals surface area contributed by atoms with Gasteiger partial charge in [0.25, 0.3) is 0 Å². The topological polar surface area (TPSA) is 41.1 Å². The van der Waals surface area contributed by atoms with Gasteiger partial charge < -0.3 is 10.6 Å². The van der Waals surface area contributed by atoms with Crippen LogP contribution >= 0.6 is 0 Å². The molecule has 2 rings (SSSR count). The Morgan fingerprint density at radius 1 is 1.15 bits per heavy atom. The summed E-state index contributed by atoms with van der Waals surface area (Å²) >= 11 is 0. The average Bonchev–Trinajstić information content (AvgIpc) is 2.87. The molecule has 0 heterocycles. The maximum Gasteiger partial charge on any atom is 0.221 e. The number of carbonyl (C=O) groups excluding carboxylic acids is 1. The standard InChI is InChI=1S/C17H32N2O/c1-14(2)13-19-16(20)7-12-18-15-5-10-17(11-6-15)8-3-4-9-17/h14-15,18H,3-13H2,1-2H3,(H,19,20). The second kappa shape index (κ2) is 7.44. The second-order valence-electron chi connectivity index (χ2n) is 7.38. The van der Waals surface area contributed by atoms with Crippen LogP contribution in [0.5, 0.6) is 0 Å². The molecule has 0 atom stereocenters. The highest BCUT2D eigenvalue weighted by Gasteiger charge is 2.37. The summed E-state index contributed by atoms with van der Waals surface area (Å²) in [4.78, 5) is 11.6. The van der Waals surface area contributed by atoms with Crippen molar-refractivity contribution in [1.29, 1.82) is 0 Å². The van der Waals surface area contributed by atoms with Crippen molar-refractivity contribution >= 4 is 5.91 Å². The molecule has 2 N–H and O–H groups in total. The minimum Gasteiger partial charge on any atom is -0.356 e. The van der Waals surface area contributed by atoms with Gasteiger partial charge in [-0.1, -0.05) is 26.7 Å². The molecule has 2 aliphatic rings. The summed E-state index contributed by atoms with van der Waals surface area (Å²) in [6.07, 6.45) is 11.9. The van der Waals surface area contributed by atoms with Crippen molar-refractivity contribution < 1.29 is 4.79 Å². The van der Waals surface area contributed by atoms with E-state index in [1.807, 2.05) is 0 Å². The van der Waals surface area contributed by atoms with Gasteiger partial charge >= 0.3 is 0 Å². The number of amides is 1. The molecule has 0 aromatic heterocycles. The Balaban J connectivity index is 1.56. The molecule has 0 aromatic rings. The van der Waals surface area contributed by atoms with Crippen molar-refractivity contribution in [3.8, 4) is 0 Å². The minimum atomic E-state index is 0.189. The van der Waals surface area contributed by atoms with Gasteiger partial charge in [-0.15, -0.1) is 0 Å². The molecule has 2 aliphatic carbocycles. The maximum atomic E-state index is 11.6. The van der Waals surface area contributed by atoms with Crippen molar-refractivity contribution in [1.82, 2.24) is 10.6 Å². The van der Waals surface area contributed by atoms with Gasteiger partial charge in [-0.2, -0.15) is 0 Å². The summed E-state index contributed by atoms with van der Waals surface area (Å²) in [6.45, 7) is 5.88. The van der Waals surface area contributed by atoms with Gasteiger partial charge in [0.2, 0.25) is 5.91 Å². The number of nitrogens with one attached hydrogen (secondary N) is 2. The van der Waals surface area contributed by atoms with E-state index in [0.717, 1.165) is 13.1 Å². The van der Waals surface area contributed by atoms with Gasteiger partial charge in [-0.05, 0) is 49.9 Å². The summed E-state index contributed by atoms with van der Waals surface area (Å²) in [5, 5.41) is 6.57. The van der Waals surface area contributed by atoms with E-state index in [1.165, 1.54) is 51.4 Å². The third-order valence-corrected chi connectivity index (χ3v) is 5.20. The van der Waals surface area contributed by atoms with Crippen molar-refractivity contribution in [3.63, 3.8) is 0 Å². The third kappa shape index (κ3) is 4.76. The van der Waals surface area contributed by atoms with Crippen LogP contribution in [0.3, 0.4) is 0 Å². The first-order valence-electron chi connectivity index (χ1n) is 8.60. The molecule has 20 heavy (non-hydrogen) atoms. The van der Waals surface area contributed by atoms with E-state index in [-0.39, 0.29) is 5.91 Å². The van der Waals surface area contributed by atoms with Crippen molar-refractivity contribution in [3.05, 3.63) is 0 Å². The van der Waals surface area contributed by atoms with Crippen LogP contribution in [0.2, 0.25) is 0 Å². The summed E-state index contributed by atoms with van der Waals surface area (Å²) in [5.74, 6) is 0.724. The molecule has 0 aliphatic heterocycles. The fourth-order valence-electron chi connectivity index (χ4n) is 3.86. The van der Waals surface area contributed by atoms with Crippen molar-refractivity contribution in [2.24, 2.45) is 11.3 Å². The number of hydrogen-bond donors (Lipinski definition) is 2. The molecule has 0 bridgehead atoms. The summed E-state index contributed by atoms with van der Waals surface area (Å²) in [6, 6.07) is 0.652. The minimum absolute atomic E-state index is 0.189. The van der Waals surface area contributed by atoms with E-state index in [2.05, 4.69) is 24.5 Å². The van der Waals surface area contributed by atoms with Gasteiger partial charge in [0.1, 0.15) is 0 Å². The van der Waals surface area contributed by atoms with Crippen LogP contribution in [0, 0.1) is 11.3 Å². The van der Waals surface area contributed by atoms with Gasteiger partial charge in [0.05, 0.1) is 0 Å². The molecule has 0 unspecified atom stereocenters. The first-order chi connectivity index (χ1) is 9.60. The first-order valence-corrected chi connectivity index (χ1v) is 8.60. The molecule has 0 aromatic carbocycles. The van der Waals surface area contributed by atoms with Crippen LogP contribution in [0.15, 0.2) is 0 Å². The lowest BCUT2D eigenvalue weighted by Gasteiger charge is -2.37. The van der Waals surface area contributed by atoms with Crippen molar-refractivity contribution in [2.75, 3.05) is 13.1 Å². The fourth-order valence-corrected chi connectivity index (χ4v) is 3.86. The largest absolute Gasteiger partial charge is 0.356 e. The SMILES string of the molecule is CC(C)CNC(=O)CCNC1CCC2(CCCC2)CC1. The predicted octanol–water partition coefficient (Wildman–Crippen LogP) is 3.24. The second-order valence-corrected chi connectivity index (χ2v) is 7.38. The Hall–Kier alpha value is -0.570. The smallest absolute Gasteiger partial charge is 0.221 e. The van der Waals surface area contributed by atoms with E-state index in [1.54, 1.807) is 0 Å². The molecular formula is C17H32N2O. The highest BCUT2D eigenvalue weighted by molar-refractivity contribution is 5.76. The fraction of sp³-hybridized carbons (Fsp3) is 0.941. The lowest BCUT2D eigenvalue weighted by atomic mass is 9.71. The lowest BCUT2D eigenvalue weighted by molar-refractivity contribution is -0.121. The molecule has 0 radical (unpaired) electrons. The Morgan fingerprint density at radius 3 is 2.40 bits per heavy atom. The highest BCUT2D eigenvalue weighted by Crippen LogP contribution is 2.48. The predicted molar refractivity (Wildman–Crippen MR) is 83.6 cm³/mol. The summed E-state index contributed by atoms with van der Waals surface area (Å²) in [7, 11) is 0. The quantitative estimate of drug-likeness (QED) is 0.784. The zero-order chi connectivity index (χ0) is 14.4. The average molecular weight is 280 g/mol. The van der Waals surface area contributed by atoms with Gasteiger partial charge in [0.15, 0.2) is 0 Å². The van der Waals surface area contributed by atoms with Crippen LogP contribution in [0.4, 0.5) is 0 Å².